The Morgan fingerprint density at radius 1 is 1.32 bits per heavy atom. The maximum absolute atomic E-state index is 11.7. The van der Waals surface area contributed by atoms with Crippen LogP contribution >= 0.6 is 15.9 Å². The van der Waals surface area contributed by atoms with Gasteiger partial charge in [-0.05, 0) is 31.0 Å². The lowest BCUT2D eigenvalue weighted by Gasteiger charge is -2.02. The van der Waals surface area contributed by atoms with Gasteiger partial charge in [0.05, 0.1) is 0 Å². The molecule has 136 valence electrons. The van der Waals surface area contributed by atoms with Crippen LogP contribution in [0.1, 0.15) is 17.7 Å². The third-order valence-electron chi connectivity index (χ3n) is 2.75. The van der Waals surface area contributed by atoms with Crippen LogP contribution in [0.5, 0.6) is 0 Å². The van der Waals surface area contributed by atoms with E-state index < -0.39 is 12.1 Å². The molecule has 0 bridgehead atoms. The summed E-state index contributed by atoms with van der Waals surface area (Å²) in [6, 6.07) is 9.77. The van der Waals surface area contributed by atoms with Gasteiger partial charge in [0.1, 0.15) is 0 Å². The summed E-state index contributed by atoms with van der Waals surface area (Å²) in [6.07, 6.45) is -3.92. The molecular weight excluding hydrogens is 407 g/mol. The number of H-pyrrole nitrogens is 1. The summed E-state index contributed by atoms with van der Waals surface area (Å²) in [4.78, 5) is 20.6. The molecule has 2 rings (SSSR count). The Kier molecular flexibility index (Phi) is 7.62. The fourth-order valence-corrected chi connectivity index (χ4v) is 2.08. The Hall–Kier alpha value is -2.36. The number of aromatic amines is 1. The maximum Gasteiger partial charge on any atom is 0.490 e. The molecule has 0 unspecified atom stereocenters. The van der Waals surface area contributed by atoms with E-state index in [0.717, 1.165) is 15.7 Å². The van der Waals surface area contributed by atoms with Crippen LogP contribution in [-0.4, -0.2) is 33.4 Å². The van der Waals surface area contributed by atoms with Crippen LogP contribution in [0.25, 0.3) is 0 Å². The van der Waals surface area contributed by atoms with Crippen molar-refractivity contribution in [2.75, 3.05) is 5.32 Å². The third kappa shape index (κ3) is 8.34. The average molecular weight is 422 g/mol. The predicted molar refractivity (Wildman–Crippen MR) is 88.1 cm³/mol. The number of aryl methyl sites for hydroxylation is 2. The Morgan fingerprint density at radius 2 is 1.96 bits per heavy atom. The summed E-state index contributed by atoms with van der Waals surface area (Å²) in [5, 5.41) is 16.6. The molecule has 25 heavy (non-hydrogen) atoms. The molecular formula is C15H15BrF3N3O3. The first-order chi connectivity index (χ1) is 11.6. The van der Waals surface area contributed by atoms with Crippen molar-refractivity contribution in [3.05, 3.63) is 46.1 Å². The number of alkyl halides is 3. The molecule has 1 aromatic carbocycles. The molecule has 6 nitrogen and oxygen atoms in total. The molecule has 0 spiro atoms. The molecule has 1 heterocycles. The number of hydrogen-bond donors (Lipinski definition) is 3. The summed E-state index contributed by atoms with van der Waals surface area (Å²) in [6.45, 7) is 1.89. The fraction of sp³-hybridized carbons (Fsp3) is 0.267. The maximum atomic E-state index is 11.7. The molecule has 0 atom stereocenters. The summed E-state index contributed by atoms with van der Waals surface area (Å²) in [7, 11) is 0. The van der Waals surface area contributed by atoms with Gasteiger partial charge < -0.3 is 10.4 Å². The molecule has 0 aliphatic heterocycles. The minimum absolute atomic E-state index is 0.0264. The molecule has 0 saturated heterocycles. The Labute approximate surface area is 149 Å². The molecule has 1 aromatic heterocycles. The van der Waals surface area contributed by atoms with Crippen molar-refractivity contribution in [2.24, 2.45) is 0 Å². The smallest absolute Gasteiger partial charge is 0.475 e. The molecule has 0 radical (unpaired) electrons. The van der Waals surface area contributed by atoms with Crippen LogP contribution in [0.4, 0.5) is 19.0 Å². The van der Waals surface area contributed by atoms with E-state index in [1.54, 1.807) is 6.07 Å². The molecule has 2 aromatic rings. The van der Waals surface area contributed by atoms with E-state index in [-0.39, 0.29) is 5.91 Å². The van der Waals surface area contributed by atoms with Crippen LogP contribution < -0.4 is 5.32 Å². The van der Waals surface area contributed by atoms with Crippen molar-refractivity contribution >= 4 is 33.6 Å². The first kappa shape index (κ1) is 20.7. The quantitative estimate of drug-likeness (QED) is 0.701. The van der Waals surface area contributed by atoms with Gasteiger partial charge in [-0.1, -0.05) is 28.1 Å². The molecule has 3 N–H and O–H groups in total. The zero-order chi connectivity index (χ0) is 19.0. The Bertz CT molecular complexity index is 732. The topological polar surface area (TPSA) is 95.1 Å². The Balaban J connectivity index is 0.000000381. The number of aromatic nitrogens is 2. The SMILES string of the molecule is Cc1cc(NC(=O)CCc2cccc(Br)c2)n[nH]1.O=C(O)C(F)(F)F. The van der Waals surface area contributed by atoms with Gasteiger partial charge in [0.15, 0.2) is 5.82 Å². The van der Waals surface area contributed by atoms with Crippen molar-refractivity contribution in [2.45, 2.75) is 25.9 Å². The number of carboxylic acids is 1. The van der Waals surface area contributed by atoms with Crippen molar-refractivity contribution < 1.29 is 27.9 Å². The van der Waals surface area contributed by atoms with Gasteiger partial charge in [0, 0.05) is 22.7 Å². The molecule has 0 fully saturated rings. The minimum atomic E-state index is -5.08. The second-order valence-electron chi connectivity index (χ2n) is 4.92. The van der Waals surface area contributed by atoms with Crippen LogP contribution in [0, 0.1) is 6.92 Å². The summed E-state index contributed by atoms with van der Waals surface area (Å²) in [5.74, 6) is -2.21. The second kappa shape index (κ2) is 9.21. The highest BCUT2D eigenvalue weighted by molar-refractivity contribution is 9.10. The largest absolute Gasteiger partial charge is 0.490 e. The highest BCUT2D eigenvalue weighted by Gasteiger charge is 2.38. The molecule has 0 aliphatic carbocycles. The van der Waals surface area contributed by atoms with Gasteiger partial charge in [0.25, 0.3) is 0 Å². The zero-order valence-electron chi connectivity index (χ0n) is 13.0. The molecule has 10 heteroatoms. The number of halogens is 4. The summed E-state index contributed by atoms with van der Waals surface area (Å²) in [5.41, 5.74) is 2.06. The standard InChI is InChI=1S/C13H14BrN3O.C2HF3O2/c1-9-7-12(17-16-9)15-13(18)6-5-10-3-2-4-11(14)8-10;3-2(4,5)1(6)7/h2-4,7-8H,5-6H2,1H3,(H2,15,16,17,18);(H,6,7). The number of rotatable bonds is 4. The lowest BCUT2D eigenvalue weighted by Crippen LogP contribution is -2.21. The second-order valence-corrected chi connectivity index (χ2v) is 5.83. The van der Waals surface area contributed by atoms with E-state index in [1.165, 1.54) is 0 Å². The number of nitrogens with one attached hydrogen (secondary N) is 2. The number of amides is 1. The molecule has 0 saturated carbocycles. The highest BCUT2D eigenvalue weighted by Crippen LogP contribution is 2.14. The number of carbonyl (C=O) groups excluding carboxylic acids is 1. The molecule has 0 aliphatic rings. The lowest BCUT2D eigenvalue weighted by molar-refractivity contribution is -0.192. The van der Waals surface area contributed by atoms with E-state index in [4.69, 9.17) is 9.90 Å². The number of nitrogens with zero attached hydrogens (tertiary/aromatic N) is 1. The third-order valence-corrected chi connectivity index (χ3v) is 3.24. The van der Waals surface area contributed by atoms with E-state index in [1.807, 2.05) is 31.2 Å². The van der Waals surface area contributed by atoms with E-state index in [9.17, 15) is 18.0 Å². The first-order valence-corrected chi connectivity index (χ1v) is 7.73. The van der Waals surface area contributed by atoms with E-state index in [2.05, 4.69) is 31.4 Å². The highest BCUT2D eigenvalue weighted by atomic mass is 79.9. The van der Waals surface area contributed by atoms with Gasteiger partial charge in [-0.3, -0.25) is 9.89 Å². The van der Waals surface area contributed by atoms with Gasteiger partial charge in [0.2, 0.25) is 5.91 Å². The first-order valence-electron chi connectivity index (χ1n) is 6.94. The average Bonchev–Trinajstić information content (AvgIpc) is 2.90. The van der Waals surface area contributed by atoms with E-state index >= 15 is 0 Å². The molecule has 1 amide bonds. The number of carbonyl (C=O) groups is 2. The monoisotopic (exact) mass is 421 g/mol. The van der Waals surface area contributed by atoms with Crippen molar-refractivity contribution in [1.29, 1.82) is 0 Å². The number of benzene rings is 1. The van der Waals surface area contributed by atoms with Gasteiger partial charge in [-0.2, -0.15) is 18.3 Å². The van der Waals surface area contributed by atoms with Crippen LogP contribution in [-0.2, 0) is 16.0 Å². The lowest BCUT2D eigenvalue weighted by atomic mass is 10.1. The number of anilines is 1. The van der Waals surface area contributed by atoms with Crippen LogP contribution in [0.3, 0.4) is 0 Å². The van der Waals surface area contributed by atoms with Gasteiger partial charge >= 0.3 is 12.1 Å². The van der Waals surface area contributed by atoms with Crippen molar-refractivity contribution in [1.82, 2.24) is 10.2 Å². The predicted octanol–water partition coefficient (Wildman–Crippen LogP) is 3.69. The zero-order valence-corrected chi connectivity index (χ0v) is 14.6. The van der Waals surface area contributed by atoms with Gasteiger partial charge in [-0.15, -0.1) is 0 Å². The van der Waals surface area contributed by atoms with Crippen LogP contribution in [0.15, 0.2) is 34.8 Å². The van der Waals surface area contributed by atoms with Gasteiger partial charge in [-0.25, -0.2) is 4.79 Å². The fourth-order valence-electron chi connectivity index (χ4n) is 1.64. The van der Waals surface area contributed by atoms with Crippen LogP contribution in [0.2, 0.25) is 0 Å². The summed E-state index contributed by atoms with van der Waals surface area (Å²) >= 11 is 3.41. The minimum Gasteiger partial charge on any atom is -0.475 e. The number of carboxylic acid groups (broad SMARTS) is 1. The Morgan fingerprint density at radius 3 is 2.44 bits per heavy atom. The number of aliphatic carboxylic acids is 1. The summed E-state index contributed by atoms with van der Waals surface area (Å²) < 4.78 is 32.8. The van der Waals surface area contributed by atoms with E-state index in [0.29, 0.717) is 18.7 Å². The normalized spacial score (nSPS) is 10.6. The van der Waals surface area contributed by atoms with Crippen molar-refractivity contribution in [3.63, 3.8) is 0 Å². The number of hydrogen-bond acceptors (Lipinski definition) is 3. The van der Waals surface area contributed by atoms with Crippen molar-refractivity contribution in [3.8, 4) is 0 Å².